The maximum atomic E-state index is 13.3. The van der Waals surface area contributed by atoms with Crippen molar-refractivity contribution in [2.24, 2.45) is 0 Å². The van der Waals surface area contributed by atoms with Crippen LogP contribution in [0.1, 0.15) is 0 Å². The Morgan fingerprint density at radius 2 is 2.00 bits per heavy atom. The molecule has 0 spiro atoms. The Morgan fingerprint density at radius 3 is 2.68 bits per heavy atom. The molecule has 0 atom stereocenters. The van der Waals surface area contributed by atoms with Gasteiger partial charge in [-0.2, -0.15) is 0 Å². The molecule has 118 valence electrons. The molecular formula is C13H14FN3O4S. The molecule has 7 nitrogen and oxygen atoms in total. The van der Waals surface area contributed by atoms with Crippen molar-refractivity contribution in [2.45, 2.75) is 0 Å². The molecule has 0 saturated carbocycles. The summed E-state index contributed by atoms with van der Waals surface area (Å²) in [4.78, 5) is 35.7. The summed E-state index contributed by atoms with van der Waals surface area (Å²) in [6.45, 7) is -0.0682. The number of hydrogen-bond donors (Lipinski definition) is 2. The van der Waals surface area contributed by atoms with Crippen LogP contribution in [0.2, 0.25) is 0 Å². The lowest BCUT2D eigenvalue weighted by molar-refractivity contribution is -0.130. The van der Waals surface area contributed by atoms with Crippen LogP contribution in [0.5, 0.6) is 5.75 Å². The van der Waals surface area contributed by atoms with Gasteiger partial charge in [-0.05, 0) is 12.1 Å². The van der Waals surface area contributed by atoms with Crippen LogP contribution >= 0.6 is 11.8 Å². The number of hydrazine groups is 1. The number of halogens is 1. The van der Waals surface area contributed by atoms with Gasteiger partial charge in [-0.25, -0.2) is 4.39 Å². The minimum atomic E-state index is -0.640. The Labute approximate surface area is 130 Å². The molecule has 2 rings (SSSR count). The molecule has 9 heteroatoms. The second-order valence-electron chi connectivity index (χ2n) is 4.35. The Morgan fingerprint density at radius 1 is 1.27 bits per heavy atom. The number of hydrogen-bond acceptors (Lipinski definition) is 5. The number of para-hydroxylation sites is 1. The highest BCUT2D eigenvalue weighted by Crippen LogP contribution is 2.16. The lowest BCUT2D eigenvalue weighted by atomic mass is 10.3. The number of nitrogens with zero attached hydrogens (tertiary/aromatic N) is 1. The summed E-state index contributed by atoms with van der Waals surface area (Å²) in [6.07, 6.45) is 0. The minimum absolute atomic E-state index is 0.0522. The van der Waals surface area contributed by atoms with Gasteiger partial charge in [0, 0.05) is 12.3 Å². The lowest BCUT2D eigenvalue weighted by Crippen LogP contribution is -2.47. The SMILES string of the molecule is O=C(COc1ccccc1F)NNC(=O)CN1CCSC1=O. The summed E-state index contributed by atoms with van der Waals surface area (Å²) in [6, 6.07) is 5.67. The topological polar surface area (TPSA) is 87.7 Å². The largest absolute Gasteiger partial charge is 0.481 e. The number of ether oxygens (including phenoxy) is 1. The smallest absolute Gasteiger partial charge is 0.282 e. The van der Waals surface area contributed by atoms with Gasteiger partial charge in [0.05, 0.1) is 0 Å². The number of carbonyl (C=O) groups is 3. The summed E-state index contributed by atoms with van der Waals surface area (Å²) in [5.41, 5.74) is 4.30. The van der Waals surface area contributed by atoms with Crippen molar-refractivity contribution in [2.75, 3.05) is 25.4 Å². The molecular weight excluding hydrogens is 313 g/mol. The summed E-state index contributed by atoms with van der Waals surface area (Å²) < 4.78 is 18.2. The van der Waals surface area contributed by atoms with Gasteiger partial charge in [-0.1, -0.05) is 23.9 Å². The van der Waals surface area contributed by atoms with E-state index in [1.54, 1.807) is 6.07 Å². The first-order valence-electron chi connectivity index (χ1n) is 6.43. The molecule has 3 amide bonds. The Balaban J connectivity index is 1.68. The molecule has 0 unspecified atom stereocenters. The van der Waals surface area contributed by atoms with E-state index in [0.717, 1.165) is 11.8 Å². The van der Waals surface area contributed by atoms with E-state index in [2.05, 4.69) is 10.9 Å². The standard InChI is InChI=1S/C13H14FN3O4S/c14-9-3-1-2-4-10(9)21-8-12(19)16-15-11(18)7-17-5-6-22-13(17)20/h1-4H,5-8H2,(H,15,18)(H,16,19). The molecule has 22 heavy (non-hydrogen) atoms. The first-order valence-corrected chi connectivity index (χ1v) is 7.41. The van der Waals surface area contributed by atoms with Crippen LogP contribution in [0.3, 0.4) is 0 Å². The third-order valence-electron chi connectivity index (χ3n) is 2.72. The summed E-state index contributed by atoms with van der Waals surface area (Å²) in [7, 11) is 0. The van der Waals surface area contributed by atoms with E-state index in [4.69, 9.17) is 4.74 Å². The lowest BCUT2D eigenvalue weighted by Gasteiger charge is -2.14. The molecule has 0 bridgehead atoms. The summed E-state index contributed by atoms with van der Waals surface area (Å²) in [5.74, 6) is -1.14. The maximum absolute atomic E-state index is 13.3. The van der Waals surface area contributed by atoms with Crippen molar-refractivity contribution in [3.8, 4) is 5.75 Å². The van der Waals surface area contributed by atoms with Crippen molar-refractivity contribution in [3.63, 3.8) is 0 Å². The fourth-order valence-electron chi connectivity index (χ4n) is 1.66. The van der Waals surface area contributed by atoms with Gasteiger partial charge < -0.3 is 9.64 Å². The number of nitrogens with one attached hydrogen (secondary N) is 2. The second kappa shape index (κ2) is 7.64. The zero-order valence-electron chi connectivity index (χ0n) is 11.5. The number of benzene rings is 1. The minimum Gasteiger partial charge on any atom is -0.481 e. The average molecular weight is 327 g/mol. The Bertz CT molecular complexity index is 584. The molecule has 0 aliphatic carbocycles. The van der Waals surface area contributed by atoms with Crippen molar-refractivity contribution >= 4 is 28.8 Å². The molecule has 1 fully saturated rings. The third kappa shape index (κ3) is 4.62. The van der Waals surface area contributed by atoms with Crippen molar-refractivity contribution < 1.29 is 23.5 Å². The zero-order valence-corrected chi connectivity index (χ0v) is 12.3. The number of carbonyl (C=O) groups excluding carboxylic acids is 3. The highest BCUT2D eigenvalue weighted by molar-refractivity contribution is 8.13. The van der Waals surface area contributed by atoms with E-state index in [1.807, 2.05) is 0 Å². The molecule has 1 saturated heterocycles. The van der Waals surface area contributed by atoms with Gasteiger partial charge in [-0.3, -0.25) is 25.2 Å². The molecule has 1 aromatic carbocycles. The molecule has 0 radical (unpaired) electrons. The van der Waals surface area contributed by atoms with E-state index in [1.165, 1.54) is 23.1 Å². The van der Waals surface area contributed by atoms with Gasteiger partial charge in [0.15, 0.2) is 18.2 Å². The van der Waals surface area contributed by atoms with Crippen molar-refractivity contribution in [3.05, 3.63) is 30.1 Å². The number of rotatable bonds is 5. The first kappa shape index (κ1) is 16.1. The third-order valence-corrected chi connectivity index (χ3v) is 3.61. The van der Waals surface area contributed by atoms with E-state index in [-0.39, 0.29) is 17.5 Å². The Hall–Kier alpha value is -2.29. The molecule has 0 aromatic heterocycles. The predicted molar refractivity (Wildman–Crippen MR) is 77.6 cm³/mol. The summed E-state index contributed by atoms with van der Waals surface area (Å²) >= 11 is 1.14. The Kier molecular flexibility index (Phi) is 5.59. The van der Waals surface area contributed by atoms with Gasteiger partial charge in [0.25, 0.3) is 17.1 Å². The molecule has 1 heterocycles. The fourth-order valence-corrected chi connectivity index (χ4v) is 2.49. The van der Waals surface area contributed by atoms with Crippen LogP contribution in [-0.4, -0.2) is 47.4 Å². The zero-order chi connectivity index (χ0) is 15.9. The fraction of sp³-hybridized carbons (Fsp3) is 0.308. The van der Waals surface area contributed by atoms with E-state index in [9.17, 15) is 18.8 Å². The van der Waals surface area contributed by atoms with Crippen LogP contribution in [0, 0.1) is 5.82 Å². The number of amides is 3. The monoisotopic (exact) mass is 327 g/mol. The average Bonchev–Trinajstić information content (AvgIpc) is 2.89. The molecule has 1 aliphatic heterocycles. The van der Waals surface area contributed by atoms with Crippen LogP contribution in [0.4, 0.5) is 9.18 Å². The molecule has 1 aromatic rings. The van der Waals surface area contributed by atoms with Crippen LogP contribution < -0.4 is 15.6 Å². The highest BCUT2D eigenvalue weighted by Gasteiger charge is 2.23. The van der Waals surface area contributed by atoms with E-state index >= 15 is 0 Å². The van der Waals surface area contributed by atoms with Crippen LogP contribution in [0.15, 0.2) is 24.3 Å². The van der Waals surface area contributed by atoms with E-state index in [0.29, 0.717) is 12.3 Å². The quantitative estimate of drug-likeness (QED) is 0.770. The van der Waals surface area contributed by atoms with E-state index < -0.39 is 24.2 Å². The second-order valence-corrected chi connectivity index (χ2v) is 5.40. The maximum Gasteiger partial charge on any atom is 0.282 e. The normalized spacial score (nSPS) is 13.9. The summed E-state index contributed by atoms with van der Waals surface area (Å²) in [5, 5.41) is -0.163. The predicted octanol–water partition coefficient (Wildman–Crippen LogP) is 0.521. The number of thioether (sulfide) groups is 1. The van der Waals surface area contributed by atoms with Crippen LogP contribution in [-0.2, 0) is 9.59 Å². The van der Waals surface area contributed by atoms with Gasteiger partial charge in [0.1, 0.15) is 6.54 Å². The van der Waals surface area contributed by atoms with Crippen molar-refractivity contribution in [1.29, 1.82) is 0 Å². The first-order chi connectivity index (χ1) is 10.6. The highest BCUT2D eigenvalue weighted by atomic mass is 32.2. The van der Waals surface area contributed by atoms with Gasteiger partial charge in [-0.15, -0.1) is 0 Å². The van der Waals surface area contributed by atoms with Gasteiger partial charge in [0.2, 0.25) is 0 Å². The van der Waals surface area contributed by atoms with Crippen molar-refractivity contribution in [1.82, 2.24) is 15.8 Å². The molecule has 2 N–H and O–H groups in total. The molecule has 1 aliphatic rings. The van der Waals surface area contributed by atoms with Crippen LogP contribution in [0.25, 0.3) is 0 Å². The van der Waals surface area contributed by atoms with Gasteiger partial charge >= 0.3 is 0 Å².